The van der Waals surface area contributed by atoms with Gasteiger partial charge in [0, 0.05) is 30.9 Å². The van der Waals surface area contributed by atoms with Crippen molar-refractivity contribution in [1.82, 2.24) is 10.2 Å². The largest absolute Gasteiger partial charge is 0.496 e. The van der Waals surface area contributed by atoms with Crippen LogP contribution in [-0.4, -0.2) is 51.1 Å². The number of likely N-dealkylation sites (tertiary alicyclic amines) is 1. The third-order valence-corrected chi connectivity index (χ3v) is 8.24. The number of rotatable bonds is 8. The van der Waals surface area contributed by atoms with Crippen LogP contribution in [0.15, 0.2) is 41.3 Å². The van der Waals surface area contributed by atoms with Gasteiger partial charge in [0.2, 0.25) is 5.91 Å². The number of nitrogens with one attached hydrogen (secondary N) is 1. The lowest BCUT2D eigenvalue weighted by atomic mass is 9.96. The van der Waals surface area contributed by atoms with E-state index in [-0.39, 0.29) is 34.2 Å². The minimum Gasteiger partial charge on any atom is -0.496 e. The van der Waals surface area contributed by atoms with E-state index in [1.165, 1.54) is 36.3 Å². The summed E-state index contributed by atoms with van der Waals surface area (Å²) in [5.41, 5.74) is -0.296. The van der Waals surface area contributed by atoms with Crippen LogP contribution in [0.1, 0.15) is 66.6 Å². The normalized spacial score (nSPS) is 19.1. The first-order valence-corrected chi connectivity index (χ1v) is 14.4. The molecule has 0 unspecified atom stereocenters. The highest BCUT2D eigenvalue weighted by Gasteiger charge is 2.40. The van der Waals surface area contributed by atoms with E-state index in [2.05, 4.69) is 5.32 Å². The fraction of sp³-hybridized carbons (Fsp3) is 0.481. The van der Waals surface area contributed by atoms with E-state index in [9.17, 15) is 31.2 Å². The molecule has 2 aromatic rings. The van der Waals surface area contributed by atoms with E-state index in [1.807, 2.05) is 0 Å². The van der Waals surface area contributed by atoms with Crippen LogP contribution < -0.4 is 10.1 Å². The second-order valence-corrected chi connectivity index (χ2v) is 12.1. The predicted octanol–water partition coefficient (Wildman–Crippen LogP) is 4.61. The molecule has 1 heterocycles. The molecule has 0 spiro atoms. The first-order chi connectivity index (χ1) is 17.8. The van der Waals surface area contributed by atoms with Crippen molar-refractivity contribution in [3.63, 3.8) is 0 Å². The van der Waals surface area contributed by atoms with Gasteiger partial charge < -0.3 is 15.0 Å². The van der Waals surface area contributed by atoms with Crippen LogP contribution in [0.2, 0.25) is 0 Å². The summed E-state index contributed by atoms with van der Waals surface area (Å²) in [4.78, 5) is 28.4. The van der Waals surface area contributed by atoms with Crippen LogP contribution in [-0.2, 0) is 20.6 Å². The Labute approximate surface area is 220 Å². The van der Waals surface area contributed by atoms with Gasteiger partial charge in [0.1, 0.15) is 17.6 Å². The number of sulfone groups is 1. The molecule has 1 aliphatic heterocycles. The van der Waals surface area contributed by atoms with Gasteiger partial charge in [-0.3, -0.25) is 9.59 Å². The molecule has 206 valence electrons. The smallest absolute Gasteiger partial charge is 0.270 e. The maximum absolute atomic E-state index is 14.9. The number of ether oxygens (including phenoxy) is 1. The third kappa shape index (κ3) is 5.98. The molecule has 2 aliphatic rings. The predicted molar refractivity (Wildman–Crippen MR) is 134 cm³/mol. The summed E-state index contributed by atoms with van der Waals surface area (Å²) >= 11 is 0. The van der Waals surface area contributed by atoms with Gasteiger partial charge >= 0.3 is 0 Å². The fourth-order valence-electron chi connectivity index (χ4n) is 4.87. The molecular weight excluding hydrogens is 521 g/mol. The Morgan fingerprint density at radius 3 is 2.39 bits per heavy atom. The van der Waals surface area contributed by atoms with Crippen LogP contribution in [0.4, 0.5) is 13.2 Å². The number of methoxy groups -OCH3 is 1. The number of hydrogen-bond acceptors (Lipinski definition) is 5. The Hall–Kier alpha value is -3.08. The van der Waals surface area contributed by atoms with E-state index in [0.717, 1.165) is 31.2 Å². The summed E-state index contributed by atoms with van der Waals surface area (Å²) in [5.74, 6) is -4.90. The Morgan fingerprint density at radius 2 is 1.82 bits per heavy atom. The topological polar surface area (TPSA) is 92.8 Å². The van der Waals surface area contributed by atoms with Crippen LogP contribution in [0.3, 0.4) is 0 Å². The molecule has 1 N–H and O–H groups in total. The van der Waals surface area contributed by atoms with Crippen molar-refractivity contribution < 1.29 is 35.9 Å². The zero-order valence-corrected chi connectivity index (χ0v) is 22.3. The van der Waals surface area contributed by atoms with E-state index in [1.54, 1.807) is 0 Å². The maximum Gasteiger partial charge on any atom is 0.270 e. The van der Waals surface area contributed by atoms with Crippen molar-refractivity contribution in [2.24, 2.45) is 5.92 Å². The van der Waals surface area contributed by atoms with E-state index in [4.69, 9.17) is 4.74 Å². The number of alkyl halides is 2. The molecule has 0 aromatic heterocycles. The second-order valence-electron chi connectivity index (χ2n) is 10.1. The number of nitrogens with zero attached hydrogens (tertiary/aromatic N) is 1. The van der Waals surface area contributed by atoms with Gasteiger partial charge in [-0.2, -0.15) is 0 Å². The number of amides is 2. The van der Waals surface area contributed by atoms with Crippen molar-refractivity contribution in [3.05, 3.63) is 58.9 Å². The van der Waals surface area contributed by atoms with Crippen LogP contribution >= 0.6 is 0 Å². The third-order valence-electron chi connectivity index (χ3n) is 7.13. The van der Waals surface area contributed by atoms with Crippen LogP contribution in [0.5, 0.6) is 5.75 Å². The first kappa shape index (κ1) is 27.9. The number of carbonyl (C=O) groups is 2. The van der Waals surface area contributed by atoms with Crippen molar-refractivity contribution in [1.29, 1.82) is 0 Å². The van der Waals surface area contributed by atoms with Gasteiger partial charge in [-0.15, -0.1) is 0 Å². The average Bonchev–Trinajstić information content (AvgIpc) is 3.71. The van der Waals surface area contributed by atoms with Crippen molar-refractivity contribution >= 4 is 21.7 Å². The van der Waals surface area contributed by atoms with Crippen molar-refractivity contribution in [2.75, 3.05) is 19.9 Å². The monoisotopic (exact) mass is 552 g/mol. The highest BCUT2D eigenvalue weighted by atomic mass is 32.2. The molecule has 0 bridgehead atoms. The molecule has 7 nitrogen and oxygen atoms in total. The lowest BCUT2D eigenvalue weighted by molar-refractivity contribution is -0.127. The van der Waals surface area contributed by atoms with Gasteiger partial charge in [0.25, 0.3) is 11.8 Å². The molecule has 4 rings (SSSR count). The molecule has 1 saturated heterocycles. The Morgan fingerprint density at radius 1 is 1.11 bits per heavy atom. The quantitative estimate of drug-likeness (QED) is 0.516. The summed E-state index contributed by atoms with van der Waals surface area (Å²) in [7, 11) is -2.24. The molecule has 11 heteroatoms. The lowest BCUT2D eigenvalue weighted by Crippen LogP contribution is -2.52. The standard InChI is InChI=1S/C27H31F3N2O5S/c1-27(29,30)17-9-11-19(21(28)14-17)24(16-7-8-16)31-25(33)22-6-4-5-13-32(22)26(34)20-15-18(38(3,35)36)10-12-23(20)37-2/h9-12,14-16,22,24H,4-8,13H2,1-3H3,(H,31,33)/t22-,24-/m1/s1. The Kier molecular flexibility index (Phi) is 7.79. The first-order valence-electron chi connectivity index (χ1n) is 12.5. The fourth-order valence-corrected chi connectivity index (χ4v) is 5.51. The number of piperidine rings is 1. The highest BCUT2D eigenvalue weighted by Crippen LogP contribution is 2.43. The van der Waals surface area contributed by atoms with Gasteiger partial charge in [-0.25, -0.2) is 21.6 Å². The van der Waals surface area contributed by atoms with E-state index < -0.39 is 51.0 Å². The summed E-state index contributed by atoms with van der Waals surface area (Å²) in [6, 6.07) is 5.66. The molecular formula is C27H31F3N2O5S. The average molecular weight is 553 g/mol. The molecule has 2 aromatic carbocycles. The minimum atomic E-state index is -3.60. The Bertz CT molecular complexity index is 1340. The number of hydrogen-bond donors (Lipinski definition) is 1. The summed E-state index contributed by atoms with van der Waals surface area (Å²) in [5, 5.41) is 2.88. The van der Waals surface area contributed by atoms with Gasteiger partial charge in [-0.05, 0) is 62.3 Å². The summed E-state index contributed by atoms with van der Waals surface area (Å²) in [6.45, 7) is 0.961. The highest BCUT2D eigenvalue weighted by molar-refractivity contribution is 7.90. The maximum atomic E-state index is 14.9. The SMILES string of the molecule is COc1ccc(S(C)(=O)=O)cc1C(=O)N1CCCC[C@@H]1C(=O)N[C@@H](c1ccc(C(C)(F)F)cc1F)C1CC1. The molecule has 1 saturated carbocycles. The lowest BCUT2D eigenvalue weighted by Gasteiger charge is -2.36. The molecule has 38 heavy (non-hydrogen) atoms. The molecule has 0 radical (unpaired) electrons. The van der Waals surface area contributed by atoms with Crippen LogP contribution in [0.25, 0.3) is 0 Å². The second kappa shape index (κ2) is 10.6. The van der Waals surface area contributed by atoms with Crippen LogP contribution in [0, 0.1) is 11.7 Å². The minimum absolute atomic E-state index is 0.0241. The molecule has 2 fully saturated rings. The van der Waals surface area contributed by atoms with E-state index in [0.29, 0.717) is 26.2 Å². The Balaban J connectivity index is 1.61. The summed E-state index contributed by atoms with van der Waals surface area (Å²) in [6.07, 6.45) is 4.23. The zero-order valence-electron chi connectivity index (χ0n) is 21.5. The van der Waals surface area contributed by atoms with Gasteiger partial charge in [0.15, 0.2) is 9.84 Å². The number of benzene rings is 2. The van der Waals surface area contributed by atoms with E-state index >= 15 is 0 Å². The molecule has 1 aliphatic carbocycles. The molecule has 2 amide bonds. The zero-order chi connectivity index (χ0) is 27.8. The molecule has 2 atom stereocenters. The van der Waals surface area contributed by atoms with Crippen molar-refractivity contribution in [2.45, 2.75) is 61.9 Å². The van der Waals surface area contributed by atoms with Crippen molar-refractivity contribution in [3.8, 4) is 5.75 Å². The van der Waals surface area contributed by atoms with Gasteiger partial charge in [0.05, 0.1) is 23.6 Å². The summed E-state index contributed by atoms with van der Waals surface area (Å²) < 4.78 is 71.8. The number of halogens is 3. The number of carbonyl (C=O) groups excluding carboxylic acids is 2. The van der Waals surface area contributed by atoms with Gasteiger partial charge in [-0.1, -0.05) is 12.1 Å².